The molecule has 0 aliphatic carbocycles. The number of aromatic nitrogens is 1. The molecule has 0 bridgehead atoms. The van der Waals surface area contributed by atoms with Gasteiger partial charge in [0.25, 0.3) is 0 Å². The van der Waals surface area contributed by atoms with Crippen molar-refractivity contribution in [3.8, 4) is 11.1 Å². The largest absolute Gasteiger partial charge is 0.461 e. The average molecular weight is 488 g/mol. The van der Waals surface area contributed by atoms with Gasteiger partial charge in [-0.05, 0) is 78.1 Å². The van der Waals surface area contributed by atoms with E-state index in [9.17, 15) is 14.4 Å². The van der Waals surface area contributed by atoms with Crippen LogP contribution >= 0.6 is 0 Å². The first-order valence-electron chi connectivity index (χ1n) is 11.1. The van der Waals surface area contributed by atoms with Crippen LogP contribution in [0.3, 0.4) is 0 Å². The van der Waals surface area contributed by atoms with Gasteiger partial charge in [-0.3, -0.25) is 4.84 Å². The molecular formula is C26H35N2O7+. The van der Waals surface area contributed by atoms with Crippen LogP contribution in [-0.2, 0) is 14.2 Å². The molecule has 0 aliphatic heterocycles. The number of pyridine rings is 1. The quantitative estimate of drug-likeness (QED) is 0.348. The zero-order chi connectivity index (χ0) is 26.7. The molecule has 0 saturated carbocycles. The fourth-order valence-corrected chi connectivity index (χ4v) is 3.13. The molecule has 1 aromatic heterocycles. The summed E-state index contributed by atoms with van der Waals surface area (Å²) in [6.45, 7) is 14.0. The predicted octanol–water partition coefficient (Wildman–Crippen LogP) is 4.78. The minimum absolute atomic E-state index is 0.113. The molecule has 0 saturated heterocycles. The smallest absolute Gasteiger partial charge is 0.424 e. The lowest BCUT2D eigenvalue weighted by Gasteiger charge is -2.28. The van der Waals surface area contributed by atoms with Gasteiger partial charge in [-0.25, -0.2) is 14.4 Å². The third-order valence-corrected chi connectivity index (χ3v) is 4.82. The lowest BCUT2D eigenvalue weighted by molar-refractivity contribution is -0.886. The topological polar surface area (TPSA) is 95.2 Å². The molecule has 35 heavy (non-hydrogen) atoms. The average Bonchev–Trinajstić information content (AvgIpc) is 2.72. The van der Waals surface area contributed by atoms with E-state index in [0.717, 1.165) is 21.4 Å². The van der Waals surface area contributed by atoms with E-state index in [1.807, 2.05) is 32.0 Å². The van der Waals surface area contributed by atoms with Gasteiger partial charge in [0, 0.05) is 4.73 Å². The van der Waals surface area contributed by atoms with Crippen molar-refractivity contribution in [2.75, 3.05) is 19.1 Å². The molecule has 2 rings (SSSR count). The third-order valence-electron chi connectivity index (χ3n) is 4.82. The Hall–Kier alpha value is -3.62. The van der Waals surface area contributed by atoms with Gasteiger partial charge in [0.05, 0.1) is 12.7 Å². The number of methoxy groups -OCH3 is 1. The number of carbonyl (C=O) groups excluding carboxylic acids is 3. The van der Waals surface area contributed by atoms with Crippen LogP contribution in [0.15, 0.2) is 30.5 Å². The van der Waals surface area contributed by atoms with Gasteiger partial charge >= 0.3 is 23.8 Å². The summed E-state index contributed by atoms with van der Waals surface area (Å²) in [5.74, 6) is -0.828. The summed E-state index contributed by atoms with van der Waals surface area (Å²) in [5.41, 5.74) is 1.35. The Balaban J connectivity index is 2.88. The number of imide groups is 1. The Morgan fingerprint density at radius 1 is 0.800 bits per heavy atom. The van der Waals surface area contributed by atoms with Crippen LogP contribution in [-0.4, -0.2) is 43.6 Å². The number of aryl methyl sites for hydroxylation is 2. The van der Waals surface area contributed by atoms with Crippen molar-refractivity contribution >= 4 is 23.8 Å². The normalized spacial score (nSPS) is 11.5. The molecule has 0 aliphatic rings. The zero-order valence-corrected chi connectivity index (χ0v) is 22.1. The number of carbonyl (C=O) groups is 3. The Bertz CT molecular complexity index is 1100. The van der Waals surface area contributed by atoms with Crippen molar-refractivity contribution in [1.82, 2.24) is 0 Å². The molecule has 9 heteroatoms. The Morgan fingerprint density at radius 3 is 1.77 bits per heavy atom. The summed E-state index contributed by atoms with van der Waals surface area (Å²) in [5, 5.41) is 0. The highest BCUT2D eigenvalue weighted by Crippen LogP contribution is 2.30. The highest BCUT2D eigenvalue weighted by atomic mass is 16.6. The first-order valence-corrected chi connectivity index (χ1v) is 11.1. The molecule has 190 valence electrons. The van der Waals surface area contributed by atoms with E-state index in [0.29, 0.717) is 10.5 Å². The Labute approximate surface area is 206 Å². The van der Waals surface area contributed by atoms with Gasteiger partial charge in [0.15, 0.2) is 0 Å². The van der Waals surface area contributed by atoms with Gasteiger partial charge in [0.2, 0.25) is 6.20 Å². The molecule has 0 atom stereocenters. The molecule has 0 spiro atoms. The second-order valence-corrected chi connectivity index (χ2v) is 10.1. The summed E-state index contributed by atoms with van der Waals surface area (Å²) in [7, 11) is 2.54. The maximum atomic E-state index is 13.3. The molecule has 1 aromatic carbocycles. The van der Waals surface area contributed by atoms with Crippen molar-refractivity contribution in [1.29, 1.82) is 0 Å². The van der Waals surface area contributed by atoms with E-state index in [4.69, 9.17) is 19.0 Å². The lowest BCUT2D eigenvalue weighted by atomic mass is 10.0. The number of hydrogen-bond acceptors (Lipinski definition) is 7. The Kier molecular flexibility index (Phi) is 8.15. The summed E-state index contributed by atoms with van der Waals surface area (Å²) in [6, 6.07) is 7.33. The summed E-state index contributed by atoms with van der Waals surface area (Å²) < 4.78 is 17.1. The second-order valence-electron chi connectivity index (χ2n) is 10.1. The first-order chi connectivity index (χ1) is 16.1. The standard InChI is InChI=1S/C26H35N2O7/c1-16-11-12-18(13-17(16)2)19-14-20(21(22(29)32-9)27(15-19)33-10)28(23(30)34-25(3,4)5)24(31)35-26(6,7)8/h11-15H,1-10H3/q+1. The van der Waals surface area contributed by atoms with Crippen molar-refractivity contribution in [2.45, 2.75) is 66.6 Å². The molecule has 2 amide bonds. The second kappa shape index (κ2) is 10.3. The minimum Gasteiger partial charge on any atom is -0.461 e. The number of amides is 2. The van der Waals surface area contributed by atoms with Gasteiger partial charge in [-0.2, -0.15) is 4.90 Å². The number of hydrogen-bond donors (Lipinski definition) is 0. The predicted molar refractivity (Wildman–Crippen MR) is 130 cm³/mol. The van der Waals surface area contributed by atoms with Crippen molar-refractivity contribution < 1.29 is 38.2 Å². The molecule has 0 fully saturated rings. The molecule has 9 nitrogen and oxygen atoms in total. The zero-order valence-electron chi connectivity index (χ0n) is 22.1. The Morgan fingerprint density at radius 2 is 1.34 bits per heavy atom. The van der Waals surface area contributed by atoms with Gasteiger partial charge in [-0.15, -0.1) is 0 Å². The molecule has 0 N–H and O–H groups in total. The summed E-state index contributed by atoms with van der Waals surface area (Å²) in [6.07, 6.45) is -0.462. The van der Waals surface area contributed by atoms with E-state index in [-0.39, 0.29) is 11.4 Å². The van der Waals surface area contributed by atoms with Crippen LogP contribution in [0.5, 0.6) is 0 Å². The number of rotatable bonds is 4. The molecule has 0 unspecified atom stereocenters. The van der Waals surface area contributed by atoms with Crippen LogP contribution in [0, 0.1) is 13.8 Å². The summed E-state index contributed by atoms with van der Waals surface area (Å²) in [4.78, 5) is 45.5. The number of anilines is 1. The van der Waals surface area contributed by atoms with Crippen LogP contribution in [0.1, 0.15) is 63.2 Å². The van der Waals surface area contributed by atoms with Crippen molar-refractivity contribution in [3.05, 3.63) is 47.3 Å². The van der Waals surface area contributed by atoms with Gasteiger partial charge < -0.3 is 14.2 Å². The SMILES string of the molecule is COC(=O)c1c(N(C(=O)OC(C)(C)C)C(=O)OC(C)(C)C)cc(-c2ccc(C)c(C)c2)c[n+]1OC. The van der Waals surface area contributed by atoms with E-state index in [1.165, 1.54) is 20.3 Å². The van der Waals surface area contributed by atoms with E-state index < -0.39 is 29.4 Å². The van der Waals surface area contributed by atoms with Crippen molar-refractivity contribution in [2.24, 2.45) is 0 Å². The van der Waals surface area contributed by atoms with E-state index >= 15 is 0 Å². The highest BCUT2D eigenvalue weighted by Gasteiger charge is 2.41. The van der Waals surface area contributed by atoms with Crippen LogP contribution in [0.25, 0.3) is 11.1 Å². The fourth-order valence-electron chi connectivity index (χ4n) is 3.13. The summed E-state index contributed by atoms with van der Waals surface area (Å²) >= 11 is 0. The first kappa shape index (κ1) is 27.6. The fraction of sp³-hybridized carbons (Fsp3) is 0.462. The maximum absolute atomic E-state index is 13.3. The lowest BCUT2D eigenvalue weighted by Crippen LogP contribution is -2.50. The van der Waals surface area contributed by atoms with Crippen LogP contribution in [0.4, 0.5) is 15.3 Å². The molecule has 2 aromatic rings. The van der Waals surface area contributed by atoms with Gasteiger partial charge in [-0.1, -0.05) is 18.2 Å². The van der Waals surface area contributed by atoms with Gasteiger partial charge in [0.1, 0.15) is 24.0 Å². The number of esters is 1. The monoisotopic (exact) mass is 487 g/mol. The molecule has 0 radical (unpaired) electrons. The minimum atomic E-state index is -1.02. The molecule has 1 heterocycles. The highest BCUT2D eigenvalue weighted by molar-refractivity contribution is 6.12. The van der Waals surface area contributed by atoms with Crippen molar-refractivity contribution in [3.63, 3.8) is 0 Å². The third kappa shape index (κ3) is 6.94. The maximum Gasteiger partial charge on any atom is 0.424 e. The van der Waals surface area contributed by atoms with Crippen LogP contribution in [0.2, 0.25) is 0 Å². The number of benzene rings is 1. The number of nitrogens with zero attached hydrogens (tertiary/aromatic N) is 2. The van der Waals surface area contributed by atoms with E-state index in [2.05, 4.69) is 0 Å². The van der Waals surface area contributed by atoms with E-state index in [1.54, 1.807) is 47.7 Å². The number of ether oxygens (including phenoxy) is 3. The molecular weight excluding hydrogens is 452 g/mol. The van der Waals surface area contributed by atoms with Crippen LogP contribution < -0.4 is 14.5 Å².